The van der Waals surface area contributed by atoms with Gasteiger partial charge in [0.2, 0.25) is 11.5 Å². The number of carbonyl (C=O) groups is 2. The van der Waals surface area contributed by atoms with Gasteiger partial charge in [0.05, 0.1) is 6.61 Å². The molecule has 1 aliphatic rings. The van der Waals surface area contributed by atoms with E-state index in [4.69, 9.17) is 15.2 Å². The maximum atomic E-state index is 13.6. The van der Waals surface area contributed by atoms with E-state index in [0.29, 0.717) is 22.4 Å². The molecule has 0 saturated carbocycles. The van der Waals surface area contributed by atoms with Crippen molar-refractivity contribution in [2.45, 2.75) is 31.6 Å². The fraction of sp³-hybridized carbons (Fsp3) is 0.257. The van der Waals surface area contributed by atoms with Crippen LogP contribution in [0.3, 0.4) is 0 Å². The molecule has 42 heavy (non-hydrogen) atoms. The number of aliphatic hydroxyl groups is 1. The van der Waals surface area contributed by atoms with Crippen molar-refractivity contribution in [1.29, 1.82) is 0 Å². The molecule has 4 aromatic carbocycles. The third-order valence-corrected chi connectivity index (χ3v) is 7.79. The van der Waals surface area contributed by atoms with Crippen LogP contribution in [-0.4, -0.2) is 41.6 Å². The van der Waals surface area contributed by atoms with Gasteiger partial charge in [0, 0.05) is 17.7 Å². The summed E-state index contributed by atoms with van der Waals surface area (Å²) in [5, 5.41) is 12.0. The third-order valence-electron chi connectivity index (χ3n) is 7.79. The minimum atomic E-state index is -2.00. The van der Waals surface area contributed by atoms with Gasteiger partial charge in [-0.2, -0.15) is 0 Å². The first kappa shape index (κ1) is 29.0. The van der Waals surface area contributed by atoms with Gasteiger partial charge in [-0.3, -0.25) is 9.69 Å². The SMILES string of the molecule is NC(=O)c1ccc(COc2cccc([C@](O)(C(=O)OCC3CCN(Cc4ccccc4)CC3)c3ccccc3)c2)cc1. The molecule has 0 unspecified atom stereocenters. The van der Waals surface area contributed by atoms with Crippen LogP contribution in [0.2, 0.25) is 0 Å². The molecule has 0 aliphatic carbocycles. The number of carbonyl (C=O) groups excluding carboxylic acids is 2. The van der Waals surface area contributed by atoms with Crippen LogP contribution in [0.5, 0.6) is 5.75 Å². The van der Waals surface area contributed by atoms with Crippen molar-refractivity contribution in [3.8, 4) is 5.75 Å². The van der Waals surface area contributed by atoms with Crippen LogP contribution in [0.15, 0.2) is 109 Å². The minimum Gasteiger partial charge on any atom is -0.489 e. The molecule has 3 N–H and O–H groups in total. The van der Waals surface area contributed by atoms with E-state index in [1.54, 1.807) is 72.8 Å². The second-order valence-corrected chi connectivity index (χ2v) is 10.8. The van der Waals surface area contributed by atoms with Crippen LogP contribution in [0.1, 0.15) is 45.5 Å². The van der Waals surface area contributed by atoms with Crippen molar-refractivity contribution in [2.75, 3.05) is 19.7 Å². The summed E-state index contributed by atoms with van der Waals surface area (Å²) >= 11 is 0. The van der Waals surface area contributed by atoms with Crippen LogP contribution in [-0.2, 0) is 28.3 Å². The summed E-state index contributed by atoms with van der Waals surface area (Å²) in [6, 6.07) is 33.0. The average Bonchev–Trinajstić information content (AvgIpc) is 3.04. The number of nitrogens with two attached hydrogens (primary N) is 1. The fourth-order valence-corrected chi connectivity index (χ4v) is 5.28. The van der Waals surface area contributed by atoms with Crippen LogP contribution in [0.25, 0.3) is 0 Å². The lowest BCUT2D eigenvalue weighted by Crippen LogP contribution is -2.40. The zero-order valence-electron chi connectivity index (χ0n) is 23.5. The Morgan fingerprint density at radius 3 is 2.12 bits per heavy atom. The Balaban J connectivity index is 1.24. The molecule has 7 nitrogen and oxygen atoms in total. The van der Waals surface area contributed by atoms with Crippen molar-refractivity contribution in [3.63, 3.8) is 0 Å². The largest absolute Gasteiger partial charge is 0.489 e. The lowest BCUT2D eigenvalue weighted by Gasteiger charge is -2.33. The van der Waals surface area contributed by atoms with E-state index in [9.17, 15) is 14.7 Å². The average molecular weight is 565 g/mol. The van der Waals surface area contributed by atoms with Gasteiger partial charge in [-0.25, -0.2) is 4.79 Å². The monoisotopic (exact) mass is 564 g/mol. The molecular formula is C35H36N2O5. The Morgan fingerprint density at radius 2 is 1.45 bits per heavy atom. The molecule has 7 heteroatoms. The quantitative estimate of drug-likeness (QED) is 0.247. The highest BCUT2D eigenvalue weighted by molar-refractivity contribution is 5.92. The summed E-state index contributed by atoms with van der Waals surface area (Å²) in [6.07, 6.45) is 1.85. The maximum absolute atomic E-state index is 13.6. The van der Waals surface area contributed by atoms with Gasteiger partial charge < -0.3 is 20.3 Å². The van der Waals surface area contributed by atoms with Crippen LogP contribution < -0.4 is 10.5 Å². The molecule has 1 atom stereocenters. The first-order chi connectivity index (χ1) is 20.4. The lowest BCUT2D eigenvalue weighted by atomic mass is 9.86. The Kier molecular flexibility index (Phi) is 9.31. The van der Waals surface area contributed by atoms with Crippen molar-refractivity contribution in [3.05, 3.63) is 137 Å². The van der Waals surface area contributed by atoms with Gasteiger partial charge in [-0.1, -0.05) is 84.9 Å². The molecule has 1 amide bonds. The zero-order valence-corrected chi connectivity index (χ0v) is 23.5. The van der Waals surface area contributed by atoms with Crippen molar-refractivity contribution in [2.24, 2.45) is 11.7 Å². The molecule has 0 bridgehead atoms. The van der Waals surface area contributed by atoms with Gasteiger partial charge >= 0.3 is 5.97 Å². The Hall–Kier alpha value is -4.46. The number of hydrogen-bond acceptors (Lipinski definition) is 6. The molecule has 1 fully saturated rings. The standard InChI is InChI=1S/C35H36N2O5/c36-33(38)29-16-14-27(15-17-29)24-41-32-13-7-12-31(22-32)35(40,30-10-5-2-6-11-30)34(39)42-25-28-18-20-37(21-19-28)23-26-8-3-1-4-9-26/h1-17,22,28,40H,18-21,23-25H2,(H2,36,38)/t35-/m0/s1. The van der Waals surface area contributed by atoms with Gasteiger partial charge in [-0.05, 0) is 72.8 Å². The molecule has 1 aliphatic heterocycles. The number of rotatable bonds is 11. The van der Waals surface area contributed by atoms with E-state index in [-0.39, 0.29) is 19.1 Å². The van der Waals surface area contributed by atoms with E-state index in [2.05, 4.69) is 29.2 Å². The molecule has 1 heterocycles. The molecule has 216 valence electrons. The highest BCUT2D eigenvalue weighted by Gasteiger charge is 2.42. The van der Waals surface area contributed by atoms with E-state index in [0.717, 1.165) is 38.0 Å². The van der Waals surface area contributed by atoms with E-state index in [1.165, 1.54) is 5.56 Å². The normalized spacial score (nSPS) is 15.5. The molecule has 5 rings (SSSR count). The van der Waals surface area contributed by atoms with E-state index < -0.39 is 17.5 Å². The summed E-state index contributed by atoms with van der Waals surface area (Å²) in [5.41, 5.74) is 6.66. The number of esters is 1. The number of amides is 1. The summed E-state index contributed by atoms with van der Waals surface area (Å²) in [7, 11) is 0. The maximum Gasteiger partial charge on any atom is 0.347 e. The topological polar surface area (TPSA) is 102 Å². The highest BCUT2D eigenvalue weighted by atomic mass is 16.5. The van der Waals surface area contributed by atoms with Gasteiger partial charge in [0.25, 0.3) is 0 Å². The fourth-order valence-electron chi connectivity index (χ4n) is 5.28. The van der Waals surface area contributed by atoms with Crippen LogP contribution >= 0.6 is 0 Å². The van der Waals surface area contributed by atoms with E-state index in [1.807, 2.05) is 12.1 Å². The van der Waals surface area contributed by atoms with Gasteiger partial charge in [0.15, 0.2) is 0 Å². The summed E-state index contributed by atoms with van der Waals surface area (Å²) in [6.45, 7) is 3.28. The summed E-state index contributed by atoms with van der Waals surface area (Å²) in [4.78, 5) is 27.4. The molecule has 0 aromatic heterocycles. The number of hydrogen-bond donors (Lipinski definition) is 2. The number of nitrogens with zero attached hydrogens (tertiary/aromatic N) is 1. The molecular weight excluding hydrogens is 528 g/mol. The van der Waals surface area contributed by atoms with Crippen LogP contribution in [0, 0.1) is 5.92 Å². The third kappa shape index (κ3) is 7.05. The van der Waals surface area contributed by atoms with Crippen molar-refractivity contribution >= 4 is 11.9 Å². The van der Waals surface area contributed by atoms with Crippen molar-refractivity contribution < 1.29 is 24.2 Å². The first-order valence-electron chi connectivity index (χ1n) is 14.3. The number of piperidine rings is 1. The lowest BCUT2D eigenvalue weighted by molar-refractivity contribution is -0.164. The predicted octanol–water partition coefficient (Wildman–Crippen LogP) is 5.06. The van der Waals surface area contributed by atoms with E-state index >= 15 is 0 Å². The Labute approximate surface area is 246 Å². The summed E-state index contributed by atoms with van der Waals surface area (Å²) in [5.74, 6) is -0.480. The number of benzene rings is 4. The Bertz CT molecular complexity index is 1470. The second kappa shape index (κ2) is 13.5. The Morgan fingerprint density at radius 1 is 0.810 bits per heavy atom. The molecule has 1 saturated heterocycles. The zero-order chi connectivity index (χ0) is 29.4. The number of ether oxygens (including phenoxy) is 2. The molecule has 0 spiro atoms. The number of likely N-dealkylation sites (tertiary alicyclic amines) is 1. The minimum absolute atomic E-state index is 0.233. The smallest absolute Gasteiger partial charge is 0.347 e. The molecule has 4 aromatic rings. The first-order valence-corrected chi connectivity index (χ1v) is 14.3. The van der Waals surface area contributed by atoms with Gasteiger partial charge in [0.1, 0.15) is 12.4 Å². The number of primary amides is 1. The van der Waals surface area contributed by atoms with Crippen molar-refractivity contribution in [1.82, 2.24) is 4.90 Å². The van der Waals surface area contributed by atoms with Gasteiger partial charge in [-0.15, -0.1) is 0 Å². The molecule has 0 radical (unpaired) electrons. The van der Waals surface area contributed by atoms with Crippen LogP contribution in [0.4, 0.5) is 0 Å². The summed E-state index contributed by atoms with van der Waals surface area (Å²) < 4.78 is 11.8. The predicted molar refractivity (Wildman–Crippen MR) is 161 cm³/mol. The highest BCUT2D eigenvalue weighted by Crippen LogP contribution is 2.34. The second-order valence-electron chi connectivity index (χ2n) is 10.8.